The Morgan fingerprint density at radius 3 is 2.36 bits per heavy atom. The Kier molecular flexibility index (Phi) is 7.91. The van der Waals surface area contributed by atoms with Crippen molar-refractivity contribution in [2.24, 2.45) is 0 Å². The van der Waals surface area contributed by atoms with Crippen LogP contribution in [0.25, 0.3) is 0 Å². The van der Waals surface area contributed by atoms with E-state index in [9.17, 15) is 14.4 Å². The van der Waals surface area contributed by atoms with Gasteiger partial charge in [-0.15, -0.1) is 11.6 Å². The van der Waals surface area contributed by atoms with Crippen LogP contribution in [0, 0.1) is 0 Å². The molecule has 0 radical (unpaired) electrons. The van der Waals surface area contributed by atoms with E-state index < -0.39 is 6.09 Å². The summed E-state index contributed by atoms with van der Waals surface area (Å²) in [5, 5.41) is 7.73. The smallest absolute Gasteiger partial charge is 0.413 e. The summed E-state index contributed by atoms with van der Waals surface area (Å²) in [6.07, 6.45) is -0.627. The fourth-order valence-corrected chi connectivity index (χ4v) is 2.61. The number of methoxy groups -OCH3 is 1. The first-order chi connectivity index (χ1) is 13.4. The lowest BCUT2D eigenvalue weighted by atomic mass is 10.0. The molecule has 28 heavy (non-hydrogen) atoms. The monoisotopic (exact) mass is 419 g/mol. The minimum atomic E-state index is -0.748. The molecule has 0 unspecified atom stereocenters. The molecule has 2 rings (SSSR count). The minimum Gasteiger partial charge on any atom is -0.453 e. The molecule has 0 saturated carbocycles. The Morgan fingerprint density at radius 2 is 1.71 bits per heavy atom. The summed E-state index contributed by atoms with van der Waals surface area (Å²) in [6, 6.07) is 13.5. The highest BCUT2D eigenvalue weighted by molar-refractivity contribution is 7.80. The molecule has 0 heterocycles. The predicted octanol–water partition coefficient (Wildman–Crippen LogP) is 3.54. The number of ketones is 1. The summed E-state index contributed by atoms with van der Waals surface area (Å²) in [4.78, 5) is 35.9. The van der Waals surface area contributed by atoms with Crippen LogP contribution in [0.15, 0.2) is 48.5 Å². The Balaban J connectivity index is 2.32. The molecule has 0 aliphatic rings. The van der Waals surface area contributed by atoms with Crippen LogP contribution in [0.2, 0.25) is 0 Å². The molecule has 0 aromatic heterocycles. The third-order valence-corrected chi connectivity index (χ3v) is 3.96. The summed E-state index contributed by atoms with van der Waals surface area (Å²) in [5.74, 6) is -0.331. The zero-order chi connectivity index (χ0) is 20.5. The van der Waals surface area contributed by atoms with Gasteiger partial charge in [0.2, 0.25) is 5.91 Å². The number of halogens is 1. The number of ether oxygens (including phenoxy) is 1. The molecule has 0 aliphatic carbocycles. The Labute approximate surface area is 172 Å². The summed E-state index contributed by atoms with van der Waals surface area (Å²) in [5.41, 5.74) is 1.62. The van der Waals surface area contributed by atoms with Crippen LogP contribution in [0.1, 0.15) is 22.3 Å². The van der Waals surface area contributed by atoms with Gasteiger partial charge in [0.25, 0.3) is 0 Å². The van der Waals surface area contributed by atoms with Crippen LogP contribution in [-0.4, -0.2) is 35.9 Å². The maximum absolute atomic E-state index is 12.7. The second-order valence-corrected chi connectivity index (χ2v) is 6.30. The summed E-state index contributed by atoms with van der Waals surface area (Å²) >= 11 is 10.7. The van der Waals surface area contributed by atoms with Gasteiger partial charge >= 0.3 is 6.09 Å². The van der Waals surface area contributed by atoms with Crippen LogP contribution < -0.4 is 16.0 Å². The number of thiocarbonyl (C=S) groups is 1. The first-order valence-corrected chi connectivity index (χ1v) is 9.14. The predicted molar refractivity (Wildman–Crippen MR) is 112 cm³/mol. The van der Waals surface area contributed by atoms with Gasteiger partial charge < -0.3 is 15.4 Å². The van der Waals surface area contributed by atoms with Crippen molar-refractivity contribution in [1.82, 2.24) is 5.32 Å². The minimum absolute atomic E-state index is 0.0518. The molecule has 3 N–H and O–H groups in total. The molecule has 0 bridgehead atoms. The van der Waals surface area contributed by atoms with Crippen molar-refractivity contribution in [2.45, 2.75) is 6.42 Å². The van der Waals surface area contributed by atoms with Crippen molar-refractivity contribution in [3.8, 4) is 0 Å². The molecule has 0 spiro atoms. The lowest BCUT2D eigenvalue weighted by Crippen LogP contribution is -2.34. The summed E-state index contributed by atoms with van der Waals surface area (Å²) < 4.78 is 4.49. The van der Waals surface area contributed by atoms with Crippen molar-refractivity contribution >= 4 is 58.1 Å². The number of anilines is 2. The first-order valence-electron chi connectivity index (χ1n) is 8.20. The molecule has 0 aliphatic heterocycles. The summed E-state index contributed by atoms with van der Waals surface area (Å²) in [7, 11) is 1.20. The average molecular weight is 420 g/mol. The van der Waals surface area contributed by atoms with Crippen molar-refractivity contribution in [2.75, 3.05) is 23.6 Å². The maximum Gasteiger partial charge on any atom is 0.413 e. The van der Waals surface area contributed by atoms with Crippen LogP contribution >= 0.6 is 23.8 Å². The van der Waals surface area contributed by atoms with Gasteiger partial charge in [-0.25, -0.2) is 4.79 Å². The van der Waals surface area contributed by atoms with E-state index in [4.69, 9.17) is 23.8 Å². The quantitative estimate of drug-likeness (QED) is 0.376. The Morgan fingerprint density at radius 1 is 1.00 bits per heavy atom. The van der Waals surface area contributed by atoms with Gasteiger partial charge in [-0.2, -0.15) is 0 Å². The zero-order valence-electron chi connectivity index (χ0n) is 15.0. The molecule has 9 heteroatoms. The largest absolute Gasteiger partial charge is 0.453 e. The number of alkyl carbamates (subject to hydrolysis) is 1. The third-order valence-electron chi connectivity index (χ3n) is 3.56. The fourth-order valence-electron chi connectivity index (χ4n) is 2.25. The highest BCUT2D eigenvalue weighted by atomic mass is 35.5. The number of amides is 2. The van der Waals surface area contributed by atoms with Gasteiger partial charge in [0, 0.05) is 23.4 Å². The molecule has 7 nitrogen and oxygen atoms in total. The van der Waals surface area contributed by atoms with Crippen LogP contribution in [-0.2, 0) is 9.53 Å². The van der Waals surface area contributed by atoms with E-state index in [2.05, 4.69) is 20.7 Å². The van der Waals surface area contributed by atoms with E-state index in [1.54, 1.807) is 36.4 Å². The highest BCUT2D eigenvalue weighted by Gasteiger charge is 2.15. The van der Waals surface area contributed by atoms with E-state index in [1.165, 1.54) is 13.2 Å². The second-order valence-electron chi connectivity index (χ2n) is 5.51. The number of carbonyl (C=O) groups is 3. The van der Waals surface area contributed by atoms with Gasteiger partial charge in [-0.05, 0) is 30.4 Å². The molecular weight excluding hydrogens is 402 g/mol. The Bertz CT molecular complexity index is 890. The molecule has 0 fully saturated rings. The lowest BCUT2D eigenvalue weighted by molar-refractivity contribution is -0.115. The molecule has 0 saturated heterocycles. The van der Waals surface area contributed by atoms with Gasteiger partial charge in [-0.3, -0.25) is 14.9 Å². The summed E-state index contributed by atoms with van der Waals surface area (Å²) in [6.45, 7) is 0. The second kappa shape index (κ2) is 10.4. The van der Waals surface area contributed by atoms with Crippen molar-refractivity contribution in [3.05, 3.63) is 59.7 Å². The fraction of sp³-hybridized carbons (Fsp3) is 0.158. The van der Waals surface area contributed by atoms with Gasteiger partial charge in [-0.1, -0.05) is 30.3 Å². The number of hydrogen-bond acceptors (Lipinski definition) is 5. The number of hydrogen-bond donors (Lipinski definition) is 3. The molecule has 2 aromatic rings. The number of carbonyl (C=O) groups excluding carboxylic acids is 3. The molecule has 2 amide bonds. The van der Waals surface area contributed by atoms with E-state index >= 15 is 0 Å². The van der Waals surface area contributed by atoms with Crippen LogP contribution in [0.5, 0.6) is 0 Å². The molecule has 2 aromatic carbocycles. The third kappa shape index (κ3) is 6.04. The number of alkyl halides is 1. The number of rotatable bonds is 6. The normalized spacial score (nSPS) is 9.93. The molecular formula is C19H18ClN3O4S. The van der Waals surface area contributed by atoms with Gasteiger partial charge in [0.15, 0.2) is 10.9 Å². The molecule has 146 valence electrons. The Hall–Kier alpha value is -2.97. The van der Waals surface area contributed by atoms with Crippen molar-refractivity contribution < 1.29 is 19.1 Å². The zero-order valence-corrected chi connectivity index (χ0v) is 16.5. The van der Waals surface area contributed by atoms with Crippen molar-refractivity contribution in [1.29, 1.82) is 0 Å². The SMILES string of the molecule is COC(=O)NC(=S)Nc1cc(C(=O)c2ccccc2)ccc1NC(=O)CCCl. The number of nitrogens with one attached hydrogen (secondary N) is 3. The van der Waals surface area contributed by atoms with E-state index in [0.717, 1.165) is 0 Å². The highest BCUT2D eigenvalue weighted by Crippen LogP contribution is 2.25. The van der Waals surface area contributed by atoms with Crippen LogP contribution in [0.4, 0.5) is 16.2 Å². The van der Waals surface area contributed by atoms with Crippen LogP contribution in [0.3, 0.4) is 0 Å². The van der Waals surface area contributed by atoms with E-state index in [1.807, 2.05) is 6.07 Å². The topological polar surface area (TPSA) is 96.5 Å². The van der Waals surface area contributed by atoms with E-state index in [-0.39, 0.29) is 29.1 Å². The average Bonchev–Trinajstić information content (AvgIpc) is 2.69. The lowest BCUT2D eigenvalue weighted by Gasteiger charge is -2.15. The standard InChI is InChI=1S/C19H18ClN3O4S/c1-27-19(26)23-18(28)22-15-11-13(17(25)12-5-3-2-4-6-12)7-8-14(15)21-16(24)9-10-20/h2-8,11H,9-10H2,1H3,(H,21,24)(H2,22,23,26,28). The number of benzene rings is 2. The van der Waals surface area contributed by atoms with Crippen molar-refractivity contribution in [3.63, 3.8) is 0 Å². The van der Waals surface area contributed by atoms with Gasteiger partial charge in [0.05, 0.1) is 18.5 Å². The molecule has 0 atom stereocenters. The maximum atomic E-state index is 12.7. The van der Waals surface area contributed by atoms with E-state index in [0.29, 0.717) is 22.5 Å². The first kappa shape index (κ1) is 21.3. The van der Waals surface area contributed by atoms with Gasteiger partial charge in [0.1, 0.15) is 0 Å².